The summed E-state index contributed by atoms with van der Waals surface area (Å²) in [7, 11) is 0. The van der Waals surface area contributed by atoms with Crippen molar-refractivity contribution in [3.05, 3.63) is 11.1 Å². The van der Waals surface area contributed by atoms with Gasteiger partial charge in [0, 0.05) is 11.1 Å². The number of anilines is 1. The van der Waals surface area contributed by atoms with Gasteiger partial charge in [-0.2, -0.15) is 0 Å². The Morgan fingerprint density at radius 2 is 2.22 bits per heavy atom. The summed E-state index contributed by atoms with van der Waals surface area (Å²) in [5.41, 5.74) is -0.643. The predicted octanol–water partition coefficient (Wildman–Crippen LogP) is 3.99. The maximum Gasteiger partial charge on any atom is 0.413 e. The second kappa shape index (κ2) is 7.21. The highest BCUT2D eigenvalue weighted by Gasteiger charge is 2.43. The third-order valence-corrected chi connectivity index (χ3v) is 5.26. The van der Waals surface area contributed by atoms with Gasteiger partial charge in [-0.15, -0.1) is 0 Å². The molecule has 1 atom stereocenters. The lowest BCUT2D eigenvalue weighted by molar-refractivity contribution is -0.0452. The fraction of sp³-hybridized carbons (Fsp3) is 0.706. The molecule has 1 unspecified atom stereocenters. The molecule has 2 aliphatic rings. The molecule has 3 rings (SSSR count). The van der Waals surface area contributed by atoms with Crippen molar-refractivity contribution in [3.8, 4) is 0 Å². The highest BCUT2D eigenvalue weighted by molar-refractivity contribution is 7.15. The average molecular weight is 402 g/mol. The minimum absolute atomic E-state index is 0.309. The first kappa shape index (κ1) is 19.8. The summed E-state index contributed by atoms with van der Waals surface area (Å²) in [4.78, 5) is 30.1. The number of hydrogen-bond donors (Lipinski definition) is 2. The summed E-state index contributed by atoms with van der Waals surface area (Å²) in [5, 5.41) is 5.12. The van der Waals surface area contributed by atoms with Gasteiger partial charge in [-0.3, -0.25) is 5.32 Å². The van der Waals surface area contributed by atoms with Crippen molar-refractivity contribution >= 4 is 28.6 Å². The molecule has 3 amide bonds. The Kier molecular flexibility index (Phi) is 5.29. The Hall–Kier alpha value is -1.97. The first-order chi connectivity index (χ1) is 12.5. The van der Waals surface area contributed by atoms with E-state index in [1.165, 1.54) is 22.4 Å². The van der Waals surface area contributed by atoms with Crippen LogP contribution in [0.3, 0.4) is 0 Å². The SMILES string of the molecule is CC(C)(C)OC(=O)Nc1ncc(C(CC2CC2)N2CC(F)(F)CNC2=O)s1. The Bertz CT molecular complexity index is 715. The lowest BCUT2D eigenvalue weighted by atomic mass is 10.1. The number of rotatable bonds is 5. The van der Waals surface area contributed by atoms with Crippen LogP contribution in [0.25, 0.3) is 0 Å². The molecule has 1 aliphatic heterocycles. The average Bonchev–Trinajstić information content (AvgIpc) is 3.23. The normalized spacial score (nSPS) is 20.8. The van der Waals surface area contributed by atoms with Gasteiger partial charge in [-0.1, -0.05) is 24.2 Å². The van der Waals surface area contributed by atoms with Gasteiger partial charge in [0.05, 0.1) is 19.1 Å². The molecule has 1 aromatic heterocycles. The van der Waals surface area contributed by atoms with E-state index in [4.69, 9.17) is 4.74 Å². The smallest absolute Gasteiger partial charge is 0.413 e. The number of halogens is 2. The lowest BCUT2D eigenvalue weighted by Crippen LogP contribution is -2.57. The van der Waals surface area contributed by atoms with Crippen LogP contribution in [0.4, 0.5) is 23.5 Å². The van der Waals surface area contributed by atoms with E-state index < -0.39 is 42.8 Å². The van der Waals surface area contributed by atoms with Crippen molar-refractivity contribution in [2.75, 3.05) is 18.4 Å². The van der Waals surface area contributed by atoms with Crippen molar-refractivity contribution in [3.63, 3.8) is 0 Å². The molecular weight excluding hydrogens is 378 g/mol. The van der Waals surface area contributed by atoms with Crippen LogP contribution >= 0.6 is 11.3 Å². The Morgan fingerprint density at radius 3 is 2.85 bits per heavy atom. The summed E-state index contributed by atoms with van der Waals surface area (Å²) in [6.45, 7) is 3.98. The Balaban J connectivity index is 1.75. The molecule has 1 aromatic rings. The molecule has 0 aromatic carbocycles. The molecule has 1 saturated carbocycles. The molecule has 27 heavy (non-hydrogen) atoms. The van der Waals surface area contributed by atoms with Crippen LogP contribution in [-0.2, 0) is 4.74 Å². The van der Waals surface area contributed by atoms with Crippen molar-refractivity contribution in [1.82, 2.24) is 15.2 Å². The zero-order chi connectivity index (χ0) is 19.8. The first-order valence-corrected chi connectivity index (χ1v) is 9.72. The molecule has 0 spiro atoms. The zero-order valence-electron chi connectivity index (χ0n) is 15.6. The number of alkyl halides is 2. The number of hydrogen-bond acceptors (Lipinski definition) is 5. The summed E-state index contributed by atoms with van der Waals surface area (Å²) in [6.07, 6.45) is 3.57. The van der Waals surface area contributed by atoms with Crippen molar-refractivity contribution < 1.29 is 23.1 Å². The van der Waals surface area contributed by atoms with Gasteiger partial charge in [0.15, 0.2) is 5.13 Å². The van der Waals surface area contributed by atoms with Crippen LogP contribution in [-0.4, -0.2) is 46.6 Å². The predicted molar refractivity (Wildman–Crippen MR) is 97.1 cm³/mol. The minimum atomic E-state index is -2.97. The van der Waals surface area contributed by atoms with E-state index in [0.717, 1.165) is 12.8 Å². The largest absolute Gasteiger partial charge is 0.444 e. The number of carbonyl (C=O) groups excluding carboxylic acids is 2. The van der Waals surface area contributed by atoms with Crippen LogP contribution in [0.15, 0.2) is 6.20 Å². The first-order valence-electron chi connectivity index (χ1n) is 8.90. The Labute approximate surface area is 160 Å². The fourth-order valence-electron chi connectivity index (χ4n) is 2.89. The molecule has 2 heterocycles. The van der Waals surface area contributed by atoms with Crippen LogP contribution in [0.1, 0.15) is 51.0 Å². The third-order valence-electron chi connectivity index (χ3n) is 4.25. The summed E-state index contributed by atoms with van der Waals surface area (Å²) in [5.74, 6) is -2.56. The number of urea groups is 1. The number of nitrogens with one attached hydrogen (secondary N) is 2. The van der Waals surface area contributed by atoms with Gasteiger partial charge in [-0.25, -0.2) is 23.4 Å². The van der Waals surface area contributed by atoms with Gasteiger partial charge in [-0.05, 0) is 33.1 Å². The van der Waals surface area contributed by atoms with Crippen LogP contribution in [0.2, 0.25) is 0 Å². The van der Waals surface area contributed by atoms with E-state index in [-0.39, 0.29) is 0 Å². The third kappa shape index (κ3) is 5.50. The molecule has 2 N–H and O–H groups in total. The van der Waals surface area contributed by atoms with E-state index >= 15 is 0 Å². The monoisotopic (exact) mass is 402 g/mol. The lowest BCUT2D eigenvalue weighted by Gasteiger charge is -2.38. The topological polar surface area (TPSA) is 83.6 Å². The van der Waals surface area contributed by atoms with E-state index in [1.807, 2.05) is 0 Å². The maximum absolute atomic E-state index is 13.8. The maximum atomic E-state index is 13.8. The number of nitrogens with zero attached hydrogens (tertiary/aromatic N) is 2. The molecule has 1 aliphatic carbocycles. The highest BCUT2D eigenvalue weighted by Crippen LogP contribution is 2.43. The molecule has 10 heteroatoms. The molecule has 0 radical (unpaired) electrons. The van der Waals surface area contributed by atoms with Crippen LogP contribution < -0.4 is 10.6 Å². The van der Waals surface area contributed by atoms with Gasteiger partial charge < -0.3 is 15.0 Å². The molecule has 150 valence electrons. The van der Waals surface area contributed by atoms with Crippen molar-refractivity contribution in [2.24, 2.45) is 5.92 Å². The number of ether oxygens (including phenoxy) is 1. The molecular formula is C17H24F2N4O3S. The standard InChI is InChI=1S/C17H24F2N4O3S/c1-16(2,3)26-15(25)22-13-20-7-12(27-13)11(6-10-4-5-10)23-9-17(18,19)8-21-14(23)24/h7,10-11H,4-6,8-9H2,1-3H3,(H,21,24)(H,20,22,25). The molecule has 2 fully saturated rings. The molecule has 7 nitrogen and oxygen atoms in total. The van der Waals surface area contributed by atoms with E-state index in [1.54, 1.807) is 20.8 Å². The van der Waals surface area contributed by atoms with Crippen LogP contribution in [0, 0.1) is 5.92 Å². The van der Waals surface area contributed by atoms with E-state index in [0.29, 0.717) is 22.3 Å². The number of carbonyl (C=O) groups is 2. The van der Waals surface area contributed by atoms with Gasteiger partial charge in [0.25, 0.3) is 5.92 Å². The van der Waals surface area contributed by atoms with Crippen molar-refractivity contribution in [2.45, 2.75) is 57.6 Å². The molecule has 1 saturated heterocycles. The van der Waals surface area contributed by atoms with E-state index in [9.17, 15) is 18.4 Å². The molecule has 0 bridgehead atoms. The van der Waals surface area contributed by atoms with Gasteiger partial charge in [0.2, 0.25) is 0 Å². The number of thiazole rings is 1. The van der Waals surface area contributed by atoms with Gasteiger partial charge >= 0.3 is 12.1 Å². The van der Waals surface area contributed by atoms with Gasteiger partial charge in [0.1, 0.15) is 5.60 Å². The quantitative estimate of drug-likeness (QED) is 0.780. The van der Waals surface area contributed by atoms with Crippen molar-refractivity contribution in [1.29, 1.82) is 0 Å². The summed E-state index contributed by atoms with van der Waals surface area (Å²) in [6, 6.07) is -0.989. The fourth-order valence-corrected chi connectivity index (χ4v) is 3.82. The second-order valence-electron chi connectivity index (χ2n) is 8.03. The highest BCUT2D eigenvalue weighted by atomic mass is 32.1. The minimum Gasteiger partial charge on any atom is -0.444 e. The second-order valence-corrected chi connectivity index (χ2v) is 9.09. The number of aromatic nitrogens is 1. The van der Waals surface area contributed by atoms with Crippen LogP contribution in [0.5, 0.6) is 0 Å². The summed E-state index contributed by atoms with van der Waals surface area (Å²) >= 11 is 1.17. The zero-order valence-corrected chi connectivity index (χ0v) is 16.4. The van der Waals surface area contributed by atoms with E-state index in [2.05, 4.69) is 15.6 Å². The summed E-state index contributed by atoms with van der Waals surface area (Å²) < 4.78 is 32.9. The Morgan fingerprint density at radius 1 is 1.52 bits per heavy atom. The number of amides is 3.